The maximum Gasteiger partial charge on any atom is 0.306 e. The molecular weight excluding hydrogens is 362 g/mol. The average molecular weight is 387 g/mol. The Balaban J connectivity index is 1.79. The highest BCUT2D eigenvalue weighted by Gasteiger charge is 2.40. The van der Waals surface area contributed by atoms with Crippen LogP contribution < -0.4 is 9.47 Å². The normalized spacial score (nSPS) is 29.5. The molecule has 2 saturated carbocycles. The first-order valence-electron chi connectivity index (χ1n) is 9.59. The Morgan fingerprint density at radius 2 is 1.93 bits per heavy atom. The van der Waals surface area contributed by atoms with Crippen LogP contribution in [0.4, 0.5) is 0 Å². The molecule has 0 aromatic heterocycles. The van der Waals surface area contributed by atoms with Gasteiger partial charge in [0.15, 0.2) is 11.5 Å². The number of methoxy groups -OCH3 is 1. The second-order valence-corrected chi connectivity index (χ2v) is 7.58. The molecule has 2 atom stereocenters. The first-order chi connectivity index (χ1) is 13.5. The van der Waals surface area contributed by atoms with E-state index in [1.807, 2.05) is 12.1 Å². The van der Waals surface area contributed by atoms with E-state index in [1.54, 1.807) is 13.2 Å². The van der Waals surface area contributed by atoms with Gasteiger partial charge in [-0.05, 0) is 56.2 Å². The Kier molecular flexibility index (Phi) is 6.08. The Morgan fingerprint density at radius 1 is 1.21 bits per heavy atom. The fourth-order valence-corrected chi connectivity index (χ4v) is 4.28. The van der Waals surface area contributed by atoms with E-state index in [2.05, 4.69) is 6.07 Å². The molecule has 1 aromatic carbocycles. The van der Waals surface area contributed by atoms with Crippen LogP contribution in [0.15, 0.2) is 18.2 Å². The number of ether oxygens (including phenoxy) is 3. The molecule has 28 heavy (non-hydrogen) atoms. The molecule has 2 fully saturated rings. The van der Waals surface area contributed by atoms with Crippen LogP contribution in [0.1, 0.15) is 50.5 Å². The summed E-state index contributed by atoms with van der Waals surface area (Å²) in [6.45, 7) is 0.471. The monoisotopic (exact) mass is 387 g/mol. The van der Waals surface area contributed by atoms with E-state index in [0.717, 1.165) is 18.4 Å². The van der Waals surface area contributed by atoms with Crippen LogP contribution in [0.3, 0.4) is 0 Å². The van der Waals surface area contributed by atoms with Gasteiger partial charge in [0.25, 0.3) is 6.47 Å². The van der Waals surface area contributed by atoms with Crippen molar-refractivity contribution in [3.05, 3.63) is 23.8 Å². The Bertz CT molecular complexity index is 763. The average Bonchev–Trinajstić information content (AvgIpc) is 3.15. The van der Waals surface area contributed by atoms with Crippen molar-refractivity contribution in [2.75, 3.05) is 7.11 Å². The van der Waals surface area contributed by atoms with Gasteiger partial charge in [-0.25, -0.2) is 0 Å². The maximum atomic E-state index is 11.2. The highest BCUT2D eigenvalue weighted by molar-refractivity contribution is 5.70. The molecule has 0 saturated heterocycles. The number of rotatable bonds is 7. The van der Waals surface area contributed by atoms with Crippen molar-refractivity contribution in [3.63, 3.8) is 0 Å². The zero-order valence-electron chi connectivity index (χ0n) is 15.9. The standard InChI is InChI=1S/C21H25NO6/c1-26-18-5-2-15(21(12-22)8-6-14(7-9-21)20(24)25)10-19(18)28-17-4-3-16(11-17)27-13-23/h2,5,10,13-14,16-17H,3-4,6-9,11H2,1H3,(H,24,25)/t14?,16-,17+,21?/m1/s1. The van der Waals surface area contributed by atoms with Gasteiger partial charge in [-0.3, -0.25) is 9.59 Å². The number of nitriles is 1. The molecule has 0 unspecified atom stereocenters. The highest BCUT2D eigenvalue weighted by Crippen LogP contribution is 2.44. The first kappa shape index (κ1) is 20.0. The Labute approximate surface area is 164 Å². The molecule has 7 nitrogen and oxygen atoms in total. The van der Waals surface area contributed by atoms with E-state index in [1.165, 1.54) is 0 Å². The Hall–Kier alpha value is -2.75. The summed E-state index contributed by atoms with van der Waals surface area (Å²) < 4.78 is 16.6. The molecular formula is C21H25NO6. The van der Waals surface area contributed by atoms with Gasteiger partial charge in [-0.2, -0.15) is 5.26 Å². The lowest BCUT2D eigenvalue weighted by Gasteiger charge is -2.34. The van der Waals surface area contributed by atoms with Gasteiger partial charge in [-0.1, -0.05) is 6.07 Å². The summed E-state index contributed by atoms with van der Waals surface area (Å²) >= 11 is 0. The largest absolute Gasteiger partial charge is 0.493 e. The van der Waals surface area contributed by atoms with E-state index >= 15 is 0 Å². The van der Waals surface area contributed by atoms with E-state index in [4.69, 9.17) is 14.2 Å². The number of nitrogens with zero attached hydrogens (tertiary/aromatic N) is 1. The molecule has 0 amide bonds. The summed E-state index contributed by atoms with van der Waals surface area (Å²) in [5.74, 6) is -0.0372. The van der Waals surface area contributed by atoms with E-state index in [-0.39, 0.29) is 18.1 Å². The fraction of sp³-hybridized carbons (Fsp3) is 0.571. The van der Waals surface area contributed by atoms with Crippen molar-refractivity contribution in [1.82, 2.24) is 0 Å². The summed E-state index contributed by atoms with van der Waals surface area (Å²) in [7, 11) is 1.56. The molecule has 7 heteroatoms. The number of hydrogen-bond donors (Lipinski definition) is 1. The van der Waals surface area contributed by atoms with Gasteiger partial charge in [-0.15, -0.1) is 0 Å². The van der Waals surface area contributed by atoms with Gasteiger partial charge in [0.2, 0.25) is 0 Å². The lowest BCUT2D eigenvalue weighted by Crippen LogP contribution is -2.33. The number of carboxylic acids is 1. The smallest absolute Gasteiger partial charge is 0.306 e. The minimum Gasteiger partial charge on any atom is -0.493 e. The lowest BCUT2D eigenvalue weighted by molar-refractivity contribution is -0.143. The van der Waals surface area contributed by atoms with Gasteiger partial charge >= 0.3 is 5.97 Å². The molecule has 2 aliphatic rings. The van der Waals surface area contributed by atoms with Gasteiger partial charge in [0.1, 0.15) is 12.2 Å². The summed E-state index contributed by atoms with van der Waals surface area (Å²) in [5, 5.41) is 19.1. The first-order valence-corrected chi connectivity index (χ1v) is 9.59. The van der Waals surface area contributed by atoms with Crippen LogP contribution in [-0.4, -0.2) is 36.9 Å². The molecule has 2 aliphatic carbocycles. The summed E-state index contributed by atoms with van der Waals surface area (Å²) in [4.78, 5) is 21.8. The van der Waals surface area contributed by atoms with Crippen LogP contribution in [0.2, 0.25) is 0 Å². The highest BCUT2D eigenvalue weighted by atomic mass is 16.5. The molecule has 0 bridgehead atoms. The second kappa shape index (κ2) is 8.51. The summed E-state index contributed by atoms with van der Waals surface area (Å²) in [6.07, 6.45) is 3.91. The predicted octanol–water partition coefficient (Wildman–Crippen LogP) is 3.20. The molecule has 3 rings (SSSR count). The van der Waals surface area contributed by atoms with Crippen molar-refractivity contribution >= 4 is 12.4 Å². The van der Waals surface area contributed by atoms with E-state index in [9.17, 15) is 20.0 Å². The minimum atomic E-state index is -0.793. The number of aliphatic carboxylic acids is 1. The quantitative estimate of drug-likeness (QED) is 0.716. The third-order valence-corrected chi connectivity index (χ3v) is 6.00. The van der Waals surface area contributed by atoms with Gasteiger partial charge in [0.05, 0.1) is 24.5 Å². The molecule has 1 aromatic rings. The van der Waals surface area contributed by atoms with Crippen molar-refractivity contribution in [2.45, 2.75) is 62.6 Å². The van der Waals surface area contributed by atoms with Crippen LogP contribution in [-0.2, 0) is 19.7 Å². The topological polar surface area (TPSA) is 106 Å². The van der Waals surface area contributed by atoms with Crippen LogP contribution in [0, 0.1) is 17.2 Å². The number of carbonyl (C=O) groups is 2. The predicted molar refractivity (Wildman–Crippen MR) is 99.1 cm³/mol. The third-order valence-electron chi connectivity index (χ3n) is 6.00. The second-order valence-electron chi connectivity index (χ2n) is 7.58. The number of benzene rings is 1. The third kappa shape index (κ3) is 4.06. The van der Waals surface area contributed by atoms with Crippen LogP contribution in [0.5, 0.6) is 11.5 Å². The molecule has 0 radical (unpaired) electrons. The summed E-state index contributed by atoms with van der Waals surface area (Å²) in [5.41, 5.74) is 0.114. The molecule has 0 aliphatic heterocycles. The SMILES string of the molecule is COc1ccc(C2(C#N)CCC(C(=O)O)CC2)cc1O[C@H]1CC[C@@H](OC=O)C1. The van der Waals surface area contributed by atoms with Crippen molar-refractivity contribution in [2.24, 2.45) is 5.92 Å². The fourth-order valence-electron chi connectivity index (χ4n) is 4.28. The number of hydrogen-bond acceptors (Lipinski definition) is 6. The Morgan fingerprint density at radius 3 is 2.54 bits per heavy atom. The van der Waals surface area contributed by atoms with E-state index < -0.39 is 11.4 Å². The maximum absolute atomic E-state index is 11.2. The zero-order valence-corrected chi connectivity index (χ0v) is 15.9. The molecule has 0 heterocycles. The molecule has 150 valence electrons. The van der Waals surface area contributed by atoms with Crippen LogP contribution in [0.25, 0.3) is 0 Å². The van der Waals surface area contributed by atoms with Crippen LogP contribution >= 0.6 is 0 Å². The van der Waals surface area contributed by atoms with Crippen molar-refractivity contribution < 1.29 is 28.9 Å². The minimum absolute atomic E-state index is 0.0881. The van der Waals surface area contributed by atoms with Gasteiger partial charge < -0.3 is 19.3 Å². The molecule has 1 N–H and O–H groups in total. The summed E-state index contributed by atoms with van der Waals surface area (Å²) in [6, 6.07) is 7.93. The number of carboxylic acid groups (broad SMARTS) is 1. The van der Waals surface area contributed by atoms with E-state index in [0.29, 0.717) is 50.1 Å². The van der Waals surface area contributed by atoms with Crippen molar-refractivity contribution in [3.8, 4) is 17.6 Å². The van der Waals surface area contributed by atoms with Crippen molar-refractivity contribution in [1.29, 1.82) is 5.26 Å². The lowest BCUT2D eigenvalue weighted by atomic mass is 9.67. The number of carbonyl (C=O) groups excluding carboxylic acids is 1. The molecule has 0 spiro atoms. The zero-order chi connectivity index (χ0) is 20.1. The van der Waals surface area contributed by atoms with Gasteiger partial charge in [0, 0.05) is 6.42 Å².